The summed E-state index contributed by atoms with van der Waals surface area (Å²) in [7, 11) is 0. The van der Waals surface area contributed by atoms with E-state index in [1.165, 1.54) is 0 Å². The van der Waals surface area contributed by atoms with E-state index in [2.05, 4.69) is 26.1 Å². The van der Waals surface area contributed by atoms with Gasteiger partial charge >= 0.3 is 0 Å². The molecule has 106 valence electrons. The molecule has 1 aromatic carbocycles. The number of hydrogen-bond donors (Lipinski definition) is 1. The summed E-state index contributed by atoms with van der Waals surface area (Å²) in [5, 5.41) is 3.44. The van der Waals surface area contributed by atoms with Crippen molar-refractivity contribution in [3.8, 4) is 11.5 Å². The molecule has 1 N–H and O–H groups in total. The van der Waals surface area contributed by atoms with Crippen LogP contribution < -0.4 is 14.8 Å². The van der Waals surface area contributed by atoms with Gasteiger partial charge in [-0.3, -0.25) is 0 Å². The van der Waals surface area contributed by atoms with E-state index < -0.39 is 0 Å². The van der Waals surface area contributed by atoms with Gasteiger partial charge in [-0.2, -0.15) is 0 Å². The van der Waals surface area contributed by atoms with Gasteiger partial charge in [0, 0.05) is 12.1 Å². The van der Waals surface area contributed by atoms with Crippen LogP contribution in [-0.2, 0) is 11.3 Å². The Bertz CT molecular complexity index is 412. The highest BCUT2D eigenvalue weighted by Crippen LogP contribution is 2.32. The molecule has 1 aliphatic heterocycles. The fourth-order valence-electron chi connectivity index (χ4n) is 1.86. The molecule has 0 radical (unpaired) electrons. The first kappa shape index (κ1) is 14.2. The lowest BCUT2D eigenvalue weighted by molar-refractivity contribution is 0.117. The first-order valence-corrected chi connectivity index (χ1v) is 6.76. The molecule has 4 heteroatoms. The summed E-state index contributed by atoms with van der Waals surface area (Å²) in [4.78, 5) is 0. The number of benzene rings is 1. The predicted molar refractivity (Wildman–Crippen MR) is 74.6 cm³/mol. The fraction of sp³-hybridized carbons (Fsp3) is 0.600. The van der Waals surface area contributed by atoms with Crippen molar-refractivity contribution in [2.75, 3.05) is 19.9 Å². The Morgan fingerprint density at radius 3 is 2.79 bits per heavy atom. The van der Waals surface area contributed by atoms with Gasteiger partial charge in [-0.25, -0.2) is 0 Å². The van der Waals surface area contributed by atoms with Gasteiger partial charge in [0.15, 0.2) is 11.5 Å². The van der Waals surface area contributed by atoms with Gasteiger partial charge in [0.25, 0.3) is 0 Å². The zero-order valence-electron chi connectivity index (χ0n) is 12.0. The van der Waals surface area contributed by atoms with Crippen LogP contribution in [0.25, 0.3) is 0 Å². The number of rotatable bonds is 6. The molecule has 1 aromatic rings. The minimum Gasteiger partial charge on any atom is -0.454 e. The molecule has 0 aliphatic carbocycles. The molecular formula is C15H23NO3. The largest absolute Gasteiger partial charge is 0.454 e. The third-order valence-corrected chi connectivity index (χ3v) is 2.83. The van der Waals surface area contributed by atoms with E-state index in [9.17, 15) is 0 Å². The molecule has 0 unspecified atom stereocenters. The van der Waals surface area contributed by atoms with Crippen molar-refractivity contribution in [3.05, 3.63) is 23.8 Å². The minimum absolute atomic E-state index is 0.178. The van der Waals surface area contributed by atoms with Crippen molar-refractivity contribution < 1.29 is 14.2 Å². The first-order valence-electron chi connectivity index (χ1n) is 6.76. The maximum atomic E-state index is 5.66. The molecular weight excluding hydrogens is 242 g/mol. The smallest absolute Gasteiger partial charge is 0.231 e. The number of hydrogen-bond acceptors (Lipinski definition) is 4. The van der Waals surface area contributed by atoms with E-state index in [1.807, 2.05) is 18.2 Å². The van der Waals surface area contributed by atoms with E-state index in [4.69, 9.17) is 14.2 Å². The summed E-state index contributed by atoms with van der Waals surface area (Å²) >= 11 is 0. The van der Waals surface area contributed by atoms with Crippen LogP contribution in [-0.4, -0.2) is 25.5 Å². The molecule has 0 fully saturated rings. The van der Waals surface area contributed by atoms with Crippen LogP contribution >= 0.6 is 0 Å². The maximum absolute atomic E-state index is 5.66. The van der Waals surface area contributed by atoms with Crippen LogP contribution in [0.3, 0.4) is 0 Å². The van der Waals surface area contributed by atoms with Crippen molar-refractivity contribution >= 4 is 0 Å². The molecule has 1 aliphatic rings. The van der Waals surface area contributed by atoms with E-state index in [1.54, 1.807) is 0 Å². The van der Waals surface area contributed by atoms with Gasteiger partial charge in [0.2, 0.25) is 6.79 Å². The highest BCUT2D eigenvalue weighted by Gasteiger charge is 2.13. The Balaban J connectivity index is 1.63. The Labute approximate surface area is 115 Å². The predicted octanol–water partition coefficient (Wildman–Crippen LogP) is 2.71. The normalized spacial score (nSPS) is 13.8. The molecule has 0 amide bonds. The monoisotopic (exact) mass is 265 g/mol. The van der Waals surface area contributed by atoms with Crippen LogP contribution in [0.15, 0.2) is 18.2 Å². The molecule has 19 heavy (non-hydrogen) atoms. The lowest BCUT2D eigenvalue weighted by Crippen LogP contribution is -2.36. The van der Waals surface area contributed by atoms with E-state index >= 15 is 0 Å². The molecule has 2 rings (SSSR count). The summed E-state index contributed by atoms with van der Waals surface area (Å²) < 4.78 is 16.3. The van der Waals surface area contributed by atoms with Crippen LogP contribution in [0, 0.1) is 0 Å². The minimum atomic E-state index is 0.178. The van der Waals surface area contributed by atoms with Crippen LogP contribution in [0.4, 0.5) is 0 Å². The molecule has 0 atom stereocenters. The van der Waals surface area contributed by atoms with Crippen LogP contribution in [0.2, 0.25) is 0 Å². The lowest BCUT2D eigenvalue weighted by atomic mass is 10.1. The third kappa shape index (κ3) is 4.73. The first-order chi connectivity index (χ1) is 9.04. The van der Waals surface area contributed by atoms with Crippen LogP contribution in [0.1, 0.15) is 32.8 Å². The summed E-state index contributed by atoms with van der Waals surface area (Å²) in [6, 6.07) is 5.93. The summed E-state index contributed by atoms with van der Waals surface area (Å²) in [6.45, 7) is 9.17. The molecule has 0 saturated heterocycles. The van der Waals surface area contributed by atoms with Crippen molar-refractivity contribution in [1.29, 1.82) is 0 Å². The molecule has 1 heterocycles. The molecule has 0 spiro atoms. The van der Waals surface area contributed by atoms with Gasteiger partial charge in [-0.05, 0) is 51.4 Å². The maximum Gasteiger partial charge on any atom is 0.231 e. The Morgan fingerprint density at radius 1 is 1.21 bits per heavy atom. The Hall–Kier alpha value is -1.26. The number of ether oxygens (including phenoxy) is 3. The SMILES string of the molecule is CC(C)(C)NCCCOCc1ccc2c(c1)OCO2. The average Bonchev–Trinajstić information content (AvgIpc) is 2.79. The van der Waals surface area contributed by atoms with E-state index in [0.29, 0.717) is 13.4 Å². The molecule has 0 saturated carbocycles. The zero-order valence-corrected chi connectivity index (χ0v) is 12.0. The summed E-state index contributed by atoms with van der Waals surface area (Å²) in [5.41, 5.74) is 1.30. The Morgan fingerprint density at radius 2 is 2.00 bits per heavy atom. The number of nitrogens with one attached hydrogen (secondary N) is 1. The summed E-state index contributed by atoms with van der Waals surface area (Å²) in [6.07, 6.45) is 1.02. The van der Waals surface area contributed by atoms with Crippen LogP contribution in [0.5, 0.6) is 11.5 Å². The molecule has 0 aromatic heterocycles. The van der Waals surface area contributed by atoms with Gasteiger partial charge < -0.3 is 19.5 Å². The highest BCUT2D eigenvalue weighted by molar-refractivity contribution is 5.44. The van der Waals surface area contributed by atoms with Gasteiger partial charge in [-0.1, -0.05) is 6.07 Å². The number of fused-ring (bicyclic) bond motifs is 1. The second-order valence-corrected chi connectivity index (χ2v) is 5.77. The molecule has 4 nitrogen and oxygen atoms in total. The van der Waals surface area contributed by atoms with Crippen molar-refractivity contribution in [2.24, 2.45) is 0 Å². The second-order valence-electron chi connectivity index (χ2n) is 5.77. The van der Waals surface area contributed by atoms with Crippen molar-refractivity contribution in [3.63, 3.8) is 0 Å². The third-order valence-electron chi connectivity index (χ3n) is 2.83. The lowest BCUT2D eigenvalue weighted by Gasteiger charge is -2.20. The highest BCUT2D eigenvalue weighted by atomic mass is 16.7. The zero-order chi connectivity index (χ0) is 13.7. The van der Waals surface area contributed by atoms with Gasteiger partial charge in [0.1, 0.15) is 0 Å². The molecule has 0 bridgehead atoms. The van der Waals surface area contributed by atoms with Gasteiger partial charge in [0.05, 0.1) is 6.61 Å². The average molecular weight is 265 g/mol. The van der Waals surface area contributed by atoms with Crippen molar-refractivity contribution in [1.82, 2.24) is 5.32 Å². The standard InChI is InChI=1S/C15H23NO3/c1-15(2,3)16-7-4-8-17-10-12-5-6-13-14(9-12)19-11-18-13/h5-6,9,16H,4,7-8,10-11H2,1-3H3. The van der Waals surface area contributed by atoms with E-state index in [0.717, 1.165) is 36.6 Å². The fourth-order valence-corrected chi connectivity index (χ4v) is 1.86. The van der Waals surface area contributed by atoms with E-state index in [-0.39, 0.29) is 5.54 Å². The topological polar surface area (TPSA) is 39.7 Å². The van der Waals surface area contributed by atoms with Crippen molar-refractivity contribution in [2.45, 2.75) is 39.3 Å². The summed E-state index contributed by atoms with van der Waals surface area (Å²) in [5.74, 6) is 1.63. The second kappa shape index (κ2) is 6.26. The quantitative estimate of drug-likeness (QED) is 0.803. The van der Waals surface area contributed by atoms with Gasteiger partial charge in [-0.15, -0.1) is 0 Å². The Kier molecular flexibility index (Phi) is 4.66.